The first-order valence-electron chi connectivity index (χ1n) is 4.42. The van der Waals surface area contributed by atoms with Gasteiger partial charge in [0.15, 0.2) is 0 Å². The first-order chi connectivity index (χ1) is 6.59. The summed E-state index contributed by atoms with van der Waals surface area (Å²) in [7, 11) is 1.49. The van der Waals surface area contributed by atoms with E-state index in [-0.39, 0.29) is 11.8 Å². The van der Waals surface area contributed by atoms with Crippen LogP contribution in [0, 0.1) is 0 Å². The second-order valence-electron chi connectivity index (χ2n) is 3.09. The zero-order valence-corrected chi connectivity index (χ0v) is 8.57. The highest BCUT2D eigenvalue weighted by atomic mass is 16.2. The molecule has 0 N–H and O–H groups in total. The Kier molecular flexibility index (Phi) is 3.02. The Labute approximate surface area is 83.4 Å². The number of hydrogen-bond donors (Lipinski definition) is 0. The second kappa shape index (κ2) is 4.05. The molecule has 1 aliphatic rings. The minimum Gasteiger partial charge on any atom is -0.278 e. The Balaban J connectivity index is 2.98. The summed E-state index contributed by atoms with van der Waals surface area (Å²) in [6, 6.07) is 0. The number of nitrogens with zero attached hydrogens (tertiary/aromatic N) is 1. The van der Waals surface area contributed by atoms with Gasteiger partial charge in [-0.15, -0.1) is 0 Å². The van der Waals surface area contributed by atoms with E-state index in [9.17, 15) is 9.59 Å². The molecular weight excluding hydrogens is 178 g/mol. The molecule has 0 spiro atoms. The maximum atomic E-state index is 11.5. The smallest absolute Gasteiger partial charge is 0.260 e. The zero-order chi connectivity index (χ0) is 10.7. The minimum atomic E-state index is -0.228. The van der Waals surface area contributed by atoms with Crippen LogP contribution in [0.1, 0.15) is 13.8 Å². The van der Waals surface area contributed by atoms with Gasteiger partial charge >= 0.3 is 0 Å². The number of imide groups is 1. The highest BCUT2D eigenvalue weighted by Crippen LogP contribution is 2.19. The molecule has 0 fully saturated rings. The van der Waals surface area contributed by atoms with Crippen LogP contribution in [0.3, 0.4) is 0 Å². The zero-order valence-electron chi connectivity index (χ0n) is 8.57. The fourth-order valence-corrected chi connectivity index (χ4v) is 1.26. The average molecular weight is 191 g/mol. The SMILES string of the molecule is C/C=C\C=C/C1=C(C)C(=O)N(C)C1=O. The number of rotatable bonds is 2. The normalized spacial score (nSPS) is 18.4. The number of hydrogen-bond acceptors (Lipinski definition) is 2. The molecule has 0 aromatic heterocycles. The first kappa shape index (κ1) is 10.4. The summed E-state index contributed by atoms with van der Waals surface area (Å²) in [5.41, 5.74) is 0.994. The lowest BCUT2D eigenvalue weighted by Gasteiger charge is -2.04. The summed E-state index contributed by atoms with van der Waals surface area (Å²) >= 11 is 0. The molecule has 74 valence electrons. The van der Waals surface area contributed by atoms with Crippen LogP contribution < -0.4 is 0 Å². The second-order valence-corrected chi connectivity index (χ2v) is 3.09. The van der Waals surface area contributed by atoms with Crippen molar-refractivity contribution in [2.75, 3.05) is 7.05 Å². The highest BCUT2D eigenvalue weighted by molar-refractivity contribution is 6.20. The Morgan fingerprint density at radius 2 is 1.79 bits per heavy atom. The topological polar surface area (TPSA) is 37.4 Å². The molecule has 0 saturated heterocycles. The van der Waals surface area contributed by atoms with E-state index in [2.05, 4.69) is 0 Å². The van der Waals surface area contributed by atoms with Crippen molar-refractivity contribution in [3.63, 3.8) is 0 Å². The molecule has 3 nitrogen and oxygen atoms in total. The van der Waals surface area contributed by atoms with Crippen molar-refractivity contribution in [2.45, 2.75) is 13.8 Å². The van der Waals surface area contributed by atoms with E-state index >= 15 is 0 Å². The number of amides is 2. The predicted molar refractivity (Wildman–Crippen MR) is 54.4 cm³/mol. The van der Waals surface area contributed by atoms with E-state index in [1.807, 2.05) is 19.1 Å². The number of likely N-dealkylation sites (N-methyl/N-ethyl adjacent to an activating group) is 1. The van der Waals surface area contributed by atoms with E-state index in [1.165, 1.54) is 7.05 Å². The molecule has 0 aromatic carbocycles. The van der Waals surface area contributed by atoms with Gasteiger partial charge in [-0.05, 0) is 19.9 Å². The van der Waals surface area contributed by atoms with Crippen molar-refractivity contribution in [2.24, 2.45) is 0 Å². The van der Waals surface area contributed by atoms with Gasteiger partial charge in [0.2, 0.25) is 0 Å². The molecule has 0 radical (unpaired) electrons. The first-order valence-corrected chi connectivity index (χ1v) is 4.42. The third-order valence-electron chi connectivity index (χ3n) is 2.13. The van der Waals surface area contributed by atoms with Crippen LogP contribution in [0.5, 0.6) is 0 Å². The molecule has 0 aliphatic carbocycles. The van der Waals surface area contributed by atoms with Crippen LogP contribution in [0.15, 0.2) is 35.5 Å². The Morgan fingerprint density at radius 1 is 1.14 bits per heavy atom. The van der Waals surface area contributed by atoms with Crippen molar-refractivity contribution in [1.82, 2.24) is 4.90 Å². The van der Waals surface area contributed by atoms with Crippen molar-refractivity contribution >= 4 is 11.8 Å². The Bertz CT molecular complexity index is 361. The van der Waals surface area contributed by atoms with Crippen LogP contribution in [0.25, 0.3) is 0 Å². The van der Waals surface area contributed by atoms with E-state index in [1.54, 1.807) is 19.1 Å². The number of allylic oxidation sites excluding steroid dienone is 3. The van der Waals surface area contributed by atoms with E-state index < -0.39 is 0 Å². The molecule has 0 atom stereocenters. The van der Waals surface area contributed by atoms with E-state index in [0.29, 0.717) is 11.1 Å². The largest absolute Gasteiger partial charge is 0.278 e. The number of carbonyl (C=O) groups excluding carboxylic acids is 2. The molecule has 1 heterocycles. The average Bonchev–Trinajstić information content (AvgIpc) is 2.35. The van der Waals surface area contributed by atoms with Gasteiger partial charge in [-0.25, -0.2) is 0 Å². The van der Waals surface area contributed by atoms with E-state index in [4.69, 9.17) is 0 Å². The molecule has 3 heteroatoms. The van der Waals surface area contributed by atoms with Gasteiger partial charge in [0.05, 0.1) is 0 Å². The molecular formula is C11H13NO2. The Hall–Kier alpha value is -1.64. The fourth-order valence-electron chi connectivity index (χ4n) is 1.26. The maximum absolute atomic E-state index is 11.5. The van der Waals surface area contributed by atoms with Gasteiger partial charge in [-0.2, -0.15) is 0 Å². The fraction of sp³-hybridized carbons (Fsp3) is 0.273. The molecule has 0 unspecified atom stereocenters. The summed E-state index contributed by atoms with van der Waals surface area (Å²) in [6.07, 6.45) is 7.09. The summed E-state index contributed by atoms with van der Waals surface area (Å²) in [6.45, 7) is 3.55. The predicted octanol–water partition coefficient (Wildman–Crippen LogP) is 1.43. The third-order valence-corrected chi connectivity index (χ3v) is 2.13. The molecule has 14 heavy (non-hydrogen) atoms. The van der Waals surface area contributed by atoms with E-state index in [0.717, 1.165) is 4.90 Å². The monoisotopic (exact) mass is 191 g/mol. The van der Waals surface area contributed by atoms with Crippen LogP contribution in [-0.2, 0) is 9.59 Å². The van der Waals surface area contributed by atoms with Gasteiger partial charge in [0.1, 0.15) is 0 Å². The van der Waals surface area contributed by atoms with Crippen molar-refractivity contribution in [3.05, 3.63) is 35.5 Å². The lowest BCUT2D eigenvalue weighted by molar-refractivity contribution is -0.135. The summed E-state index contributed by atoms with van der Waals surface area (Å²) in [5, 5.41) is 0. The van der Waals surface area contributed by atoms with Gasteiger partial charge in [-0.3, -0.25) is 14.5 Å². The van der Waals surface area contributed by atoms with Gasteiger partial charge in [0, 0.05) is 18.2 Å². The molecule has 1 aliphatic heterocycles. The lowest BCUT2D eigenvalue weighted by Crippen LogP contribution is -2.26. The Morgan fingerprint density at radius 3 is 2.21 bits per heavy atom. The lowest BCUT2D eigenvalue weighted by atomic mass is 10.1. The van der Waals surface area contributed by atoms with Crippen molar-refractivity contribution in [3.8, 4) is 0 Å². The highest BCUT2D eigenvalue weighted by Gasteiger charge is 2.30. The number of carbonyl (C=O) groups is 2. The summed E-state index contributed by atoms with van der Waals surface area (Å²) < 4.78 is 0. The van der Waals surface area contributed by atoms with Crippen LogP contribution in [0.4, 0.5) is 0 Å². The van der Waals surface area contributed by atoms with Gasteiger partial charge < -0.3 is 0 Å². The molecule has 0 aromatic rings. The maximum Gasteiger partial charge on any atom is 0.260 e. The van der Waals surface area contributed by atoms with Crippen molar-refractivity contribution in [1.29, 1.82) is 0 Å². The minimum absolute atomic E-state index is 0.213. The standard InChI is InChI=1S/C11H13NO2/c1-4-5-6-7-9-8(2)10(13)12(3)11(9)14/h4-7H,1-3H3/b5-4-,7-6-. The summed E-state index contributed by atoms with van der Waals surface area (Å²) in [4.78, 5) is 24.0. The van der Waals surface area contributed by atoms with Gasteiger partial charge in [0.25, 0.3) is 11.8 Å². The molecule has 0 bridgehead atoms. The molecule has 1 rings (SSSR count). The molecule has 0 saturated carbocycles. The van der Waals surface area contributed by atoms with Gasteiger partial charge in [-0.1, -0.05) is 18.2 Å². The van der Waals surface area contributed by atoms with Crippen LogP contribution >= 0.6 is 0 Å². The molecule has 2 amide bonds. The third kappa shape index (κ3) is 1.66. The summed E-state index contributed by atoms with van der Waals surface area (Å²) in [5.74, 6) is -0.441. The quantitative estimate of drug-likeness (QED) is 0.489. The van der Waals surface area contributed by atoms with Crippen LogP contribution in [0.2, 0.25) is 0 Å². The van der Waals surface area contributed by atoms with Crippen LogP contribution in [-0.4, -0.2) is 23.8 Å². The van der Waals surface area contributed by atoms with Crippen molar-refractivity contribution < 1.29 is 9.59 Å².